The van der Waals surface area contributed by atoms with Crippen LogP contribution in [0.1, 0.15) is 37.9 Å². The van der Waals surface area contributed by atoms with Crippen molar-refractivity contribution in [1.29, 1.82) is 0 Å². The van der Waals surface area contributed by atoms with Crippen LogP contribution in [0, 0.1) is 0 Å². The zero-order valence-electron chi connectivity index (χ0n) is 10.6. The van der Waals surface area contributed by atoms with E-state index in [0.717, 1.165) is 16.9 Å². The number of nitrogens with one attached hydrogen (secondary N) is 1. The SMILES string of the molecule is CC(NC(=O)c1ccc(C(=O)O)s1)c1ccc(Cl)cc1. The molecule has 0 aliphatic rings. The third-order valence-electron chi connectivity index (χ3n) is 2.76. The van der Waals surface area contributed by atoms with Crippen molar-refractivity contribution in [1.82, 2.24) is 5.32 Å². The average Bonchev–Trinajstić information content (AvgIpc) is 2.89. The van der Waals surface area contributed by atoms with Gasteiger partial charge in [-0.15, -0.1) is 11.3 Å². The molecule has 1 amide bonds. The molecule has 2 aromatic rings. The van der Waals surface area contributed by atoms with E-state index < -0.39 is 5.97 Å². The fraction of sp³-hybridized carbons (Fsp3) is 0.143. The third kappa shape index (κ3) is 3.37. The highest BCUT2D eigenvalue weighted by Crippen LogP contribution is 2.19. The standard InChI is InChI=1S/C14H12ClNO3S/c1-8(9-2-4-10(15)5-3-9)16-13(17)11-6-7-12(20-11)14(18)19/h2-8H,1H3,(H,16,17)(H,18,19). The highest BCUT2D eigenvalue weighted by Gasteiger charge is 2.15. The molecule has 1 unspecified atom stereocenters. The molecule has 2 N–H and O–H groups in total. The lowest BCUT2D eigenvalue weighted by atomic mass is 10.1. The smallest absolute Gasteiger partial charge is 0.345 e. The monoisotopic (exact) mass is 309 g/mol. The number of carbonyl (C=O) groups excluding carboxylic acids is 1. The highest BCUT2D eigenvalue weighted by molar-refractivity contribution is 7.15. The molecule has 0 bridgehead atoms. The Hall–Kier alpha value is -1.85. The van der Waals surface area contributed by atoms with E-state index >= 15 is 0 Å². The molecule has 6 heteroatoms. The summed E-state index contributed by atoms with van der Waals surface area (Å²) >= 11 is 6.77. The Morgan fingerprint density at radius 2 is 1.75 bits per heavy atom. The molecule has 4 nitrogen and oxygen atoms in total. The Morgan fingerprint density at radius 3 is 2.30 bits per heavy atom. The second kappa shape index (κ2) is 6.07. The number of carboxylic acids is 1. The first-order valence-corrected chi connectivity index (χ1v) is 7.06. The first kappa shape index (κ1) is 14.6. The number of hydrogen-bond acceptors (Lipinski definition) is 3. The van der Waals surface area contributed by atoms with Crippen LogP contribution in [0.3, 0.4) is 0 Å². The summed E-state index contributed by atoms with van der Waals surface area (Å²) in [5.41, 5.74) is 0.928. The minimum atomic E-state index is -1.03. The second-order valence-electron chi connectivity index (χ2n) is 4.22. The van der Waals surface area contributed by atoms with Crippen LogP contribution in [0.2, 0.25) is 5.02 Å². The molecule has 1 aromatic heterocycles. The van der Waals surface area contributed by atoms with Gasteiger partial charge in [-0.05, 0) is 36.8 Å². The Balaban J connectivity index is 2.06. The molecule has 0 aliphatic heterocycles. The Morgan fingerprint density at radius 1 is 1.15 bits per heavy atom. The van der Waals surface area contributed by atoms with E-state index in [0.29, 0.717) is 9.90 Å². The lowest BCUT2D eigenvalue weighted by Crippen LogP contribution is -2.25. The normalized spacial score (nSPS) is 11.9. The predicted molar refractivity (Wildman–Crippen MR) is 78.6 cm³/mol. The van der Waals surface area contributed by atoms with Gasteiger partial charge in [0, 0.05) is 5.02 Å². The van der Waals surface area contributed by atoms with Crippen molar-refractivity contribution in [2.24, 2.45) is 0 Å². The van der Waals surface area contributed by atoms with Crippen molar-refractivity contribution in [2.75, 3.05) is 0 Å². The molecule has 2 rings (SSSR count). The van der Waals surface area contributed by atoms with Crippen LogP contribution in [0.15, 0.2) is 36.4 Å². The van der Waals surface area contributed by atoms with Gasteiger partial charge in [-0.2, -0.15) is 0 Å². The van der Waals surface area contributed by atoms with Gasteiger partial charge in [-0.25, -0.2) is 4.79 Å². The van der Waals surface area contributed by atoms with Crippen LogP contribution in [-0.2, 0) is 0 Å². The third-order valence-corrected chi connectivity index (χ3v) is 4.08. The maximum atomic E-state index is 12.0. The van der Waals surface area contributed by atoms with E-state index in [4.69, 9.17) is 16.7 Å². The summed E-state index contributed by atoms with van der Waals surface area (Å²) < 4.78 is 0. The Bertz CT molecular complexity index is 636. The van der Waals surface area contributed by atoms with Gasteiger partial charge in [0.05, 0.1) is 10.9 Å². The quantitative estimate of drug-likeness (QED) is 0.907. The van der Waals surface area contributed by atoms with Crippen LogP contribution >= 0.6 is 22.9 Å². The molecular weight excluding hydrogens is 298 g/mol. The number of carboxylic acid groups (broad SMARTS) is 1. The summed E-state index contributed by atoms with van der Waals surface area (Å²) in [6.45, 7) is 1.85. The van der Waals surface area contributed by atoms with E-state index in [2.05, 4.69) is 5.32 Å². The van der Waals surface area contributed by atoms with Crippen LogP contribution in [0.4, 0.5) is 0 Å². The minimum Gasteiger partial charge on any atom is -0.477 e. The summed E-state index contributed by atoms with van der Waals surface area (Å²) in [4.78, 5) is 23.3. The molecule has 0 aliphatic carbocycles. The average molecular weight is 310 g/mol. The fourth-order valence-electron chi connectivity index (χ4n) is 1.68. The molecule has 0 saturated heterocycles. The van der Waals surface area contributed by atoms with Crippen LogP contribution in [0.25, 0.3) is 0 Å². The van der Waals surface area contributed by atoms with Crippen molar-refractivity contribution in [3.63, 3.8) is 0 Å². The van der Waals surface area contributed by atoms with Crippen molar-refractivity contribution in [3.05, 3.63) is 56.7 Å². The number of benzene rings is 1. The molecule has 1 atom stereocenters. The molecule has 0 spiro atoms. The molecule has 104 valence electrons. The summed E-state index contributed by atoms with van der Waals surface area (Å²) in [6, 6.07) is 9.94. The zero-order chi connectivity index (χ0) is 14.7. The summed E-state index contributed by atoms with van der Waals surface area (Å²) in [7, 11) is 0. The Kier molecular flexibility index (Phi) is 4.42. The van der Waals surface area contributed by atoms with E-state index in [1.54, 1.807) is 12.1 Å². The van der Waals surface area contributed by atoms with Crippen molar-refractivity contribution in [3.8, 4) is 0 Å². The topological polar surface area (TPSA) is 66.4 Å². The number of rotatable bonds is 4. The molecule has 0 saturated carbocycles. The highest BCUT2D eigenvalue weighted by atomic mass is 35.5. The van der Waals surface area contributed by atoms with E-state index in [1.807, 2.05) is 19.1 Å². The number of hydrogen-bond donors (Lipinski definition) is 2. The lowest BCUT2D eigenvalue weighted by molar-refractivity contribution is 0.0702. The van der Waals surface area contributed by atoms with Gasteiger partial charge in [0.2, 0.25) is 0 Å². The van der Waals surface area contributed by atoms with Gasteiger partial charge in [-0.3, -0.25) is 4.79 Å². The fourth-order valence-corrected chi connectivity index (χ4v) is 2.55. The number of thiophene rings is 1. The van der Waals surface area contributed by atoms with Gasteiger partial charge >= 0.3 is 5.97 Å². The molecule has 20 heavy (non-hydrogen) atoms. The number of halogens is 1. The van der Waals surface area contributed by atoms with Gasteiger partial charge in [0.15, 0.2) is 0 Å². The van der Waals surface area contributed by atoms with Gasteiger partial charge < -0.3 is 10.4 Å². The molecule has 1 aromatic carbocycles. The van der Waals surface area contributed by atoms with Gasteiger partial charge in [0.25, 0.3) is 5.91 Å². The zero-order valence-corrected chi connectivity index (χ0v) is 12.2. The maximum absolute atomic E-state index is 12.0. The Labute approximate surface area is 125 Å². The molecule has 1 heterocycles. The first-order chi connectivity index (χ1) is 9.47. The minimum absolute atomic E-state index is 0.147. The van der Waals surface area contributed by atoms with E-state index in [1.165, 1.54) is 12.1 Å². The molecule has 0 fully saturated rings. The molecule has 0 radical (unpaired) electrons. The lowest BCUT2D eigenvalue weighted by Gasteiger charge is -2.13. The largest absolute Gasteiger partial charge is 0.477 e. The van der Waals surface area contributed by atoms with Crippen molar-refractivity contribution >= 4 is 34.8 Å². The first-order valence-electron chi connectivity index (χ1n) is 5.87. The number of amides is 1. The van der Waals surface area contributed by atoms with Crippen LogP contribution < -0.4 is 5.32 Å². The van der Waals surface area contributed by atoms with E-state index in [9.17, 15) is 9.59 Å². The summed E-state index contributed by atoms with van der Waals surface area (Å²) in [6.07, 6.45) is 0. The van der Waals surface area contributed by atoms with E-state index in [-0.39, 0.29) is 16.8 Å². The summed E-state index contributed by atoms with van der Waals surface area (Å²) in [5.74, 6) is -1.32. The maximum Gasteiger partial charge on any atom is 0.345 e. The molecular formula is C14H12ClNO3S. The van der Waals surface area contributed by atoms with Crippen LogP contribution in [0.5, 0.6) is 0 Å². The number of aromatic carboxylic acids is 1. The van der Waals surface area contributed by atoms with Crippen LogP contribution in [-0.4, -0.2) is 17.0 Å². The predicted octanol–water partition coefficient (Wildman–Crippen LogP) is 3.59. The van der Waals surface area contributed by atoms with Crippen molar-refractivity contribution in [2.45, 2.75) is 13.0 Å². The van der Waals surface area contributed by atoms with Crippen molar-refractivity contribution < 1.29 is 14.7 Å². The van der Waals surface area contributed by atoms with Gasteiger partial charge in [0.1, 0.15) is 4.88 Å². The second-order valence-corrected chi connectivity index (χ2v) is 5.74. The number of carbonyl (C=O) groups is 2. The van der Waals surface area contributed by atoms with Gasteiger partial charge in [-0.1, -0.05) is 23.7 Å². The summed E-state index contributed by atoms with van der Waals surface area (Å²) in [5, 5.41) is 12.3.